The molecular formula is C22H33N3O3. The van der Waals surface area contributed by atoms with Crippen LogP contribution in [0.4, 0.5) is 4.79 Å². The van der Waals surface area contributed by atoms with Gasteiger partial charge in [0.25, 0.3) is 0 Å². The highest BCUT2D eigenvalue weighted by atomic mass is 16.6. The summed E-state index contributed by atoms with van der Waals surface area (Å²) >= 11 is 0. The number of hydrogen-bond acceptors (Lipinski definition) is 4. The quantitative estimate of drug-likeness (QED) is 0.815. The number of amides is 2. The maximum absolute atomic E-state index is 12.5. The first kappa shape index (κ1) is 20.6. The van der Waals surface area contributed by atoms with Gasteiger partial charge in [0.15, 0.2) is 0 Å². The van der Waals surface area contributed by atoms with Gasteiger partial charge in [0.1, 0.15) is 0 Å². The second-order valence-electron chi connectivity index (χ2n) is 7.86. The zero-order valence-electron chi connectivity index (χ0n) is 16.9. The van der Waals surface area contributed by atoms with Gasteiger partial charge < -0.3 is 19.9 Å². The zero-order valence-corrected chi connectivity index (χ0v) is 16.9. The predicted octanol–water partition coefficient (Wildman–Crippen LogP) is 2.68. The van der Waals surface area contributed by atoms with Crippen LogP contribution in [0.15, 0.2) is 30.3 Å². The topological polar surface area (TPSA) is 61.9 Å². The van der Waals surface area contributed by atoms with Crippen LogP contribution in [0.2, 0.25) is 0 Å². The van der Waals surface area contributed by atoms with Gasteiger partial charge in [0.05, 0.1) is 13.2 Å². The third kappa shape index (κ3) is 5.96. The summed E-state index contributed by atoms with van der Waals surface area (Å²) in [7, 11) is 0. The summed E-state index contributed by atoms with van der Waals surface area (Å²) in [6.07, 6.45) is 4.78. The third-order valence-electron chi connectivity index (χ3n) is 5.90. The van der Waals surface area contributed by atoms with Crippen molar-refractivity contribution >= 4 is 12.0 Å². The summed E-state index contributed by atoms with van der Waals surface area (Å²) in [6, 6.07) is 10.9. The zero-order chi connectivity index (χ0) is 19.8. The van der Waals surface area contributed by atoms with Crippen molar-refractivity contribution < 1.29 is 14.3 Å². The molecule has 0 saturated carbocycles. The summed E-state index contributed by atoms with van der Waals surface area (Å²) in [5.74, 6) is 0.873. The minimum absolute atomic E-state index is 0.200. The highest BCUT2D eigenvalue weighted by Gasteiger charge is 2.26. The van der Waals surface area contributed by atoms with E-state index in [9.17, 15) is 9.59 Å². The number of likely N-dealkylation sites (tertiary alicyclic amines) is 2. The van der Waals surface area contributed by atoms with Crippen LogP contribution in [0, 0.1) is 5.92 Å². The molecule has 2 amide bonds. The normalized spacial score (nSPS) is 18.9. The van der Waals surface area contributed by atoms with Crippen molar-refractivity contribution in [1.82, 2.24) is 15.1 Å². The lowest BCUT2D eigenvalue weighted by Gasteiger charge is -2.34. The number of ether oxygens (including phenoxy) is 1. The Morgan fingerprint density at radius 2 is 1.64 bits per heavy atom. The summed E-state index contributed by atoms with van der Waals surface area (Å²) in [5.41, 5.74) is 1.39. The molecule has 2 fully saturated rings. The lowest BCUT2D eigenvalue weighted by Crippen LogP contribution is -2.49. The number of piperidine rings is 2. The van der Waals surface area contributed by atoms with Gasteiger partial charge in [-0.25, -0.2) is 4.79 Å². The Hall–Kier alpha value is -2.08. The van der Waals surface area contributed by atoms with Crippen molar-refractivity contribution in [2.24, 2.45) is 5.92 Å². The number of carbonyl (C=O) groups excluding carboxylic acids is 2. The van der Waals surface area contributed by atoms with Gasteiger partial charge in [-0.15, -0.1) is 0 Å². The van der Waals surface area contributed by atoms with Crippen LogP contribution in [-0.4, -0.2) is 67.2 Å². The number of nitrogens with one attached hydrogen (secondary N) is 1. The Labute approximate surface area is 168 Å². The smallest absolute Gasteiger partial charge is 0.409 e. The van der Waals surface area contributed by atoms with E-state index in [0.717, 1.165) is 45.2 Å². The Bertz CT molecular complexity index is 621. The van der Waals surface area contributed by atoms with Crippen LogP contribution in [0.3, 0.4) is 0 Å². The van der Waals surface area contributed by atoms with E-state index in [1.807, 2.05) is 11.8 Å². The highest BCUT2D eigenvalue weighted by molar-refractivity contribution is 5.78. The van der Waals surface area contributed by atoms with Gasteiger partial charge in [-0.2, -0.15) is 0 Å². The fourth-order valence-corrected chi connectivity index (χ4v) is 4.16. The Morgan fingerprint density at radius 3 is 2.29 bits per heavy atom. The average molecular weight is 388 g/mol. The molecule has 0 aromatic heterocycles. The highest BCUT2D eigenvalue weighted by Crippen LogP contribution is 2.21. The lowest BCUT2D eigenvalue weighted by atomic mass is 9.90. The van der Waals surface area contributed by atoms with Crippen LogP contribution >= 0.6 is 0 Å². The molecule has 0 spiro atoms. The Kier molecular flexibility index (Phi) is 7.71. The van der Waals surface area contributed by atoms with E-state index in [1.54, 1.807) is 4.90 Å². The van der Waals surface area contributed by atoms with E-state index >= 15 is 0 Å². The summed E-state index contributed by atoms with van der Waals surface area (Å²) < 4.78 is 5.05. The molecule has 0 radical (unpaired) electrons. The van der Waals surface area contributed by atoms with E-state index in [0.29, 0.717) is 38.2 Å². The molecule has 1 aromatic carbocycles. The molecule has 2 aliphatic rings. The van der Waals surface area contributed by atoms with Gasteiger partial charge in [-0.3, -0.25) is 4.79 Å². The van der Waals surface area contributed by atoms with Crippen LogP contribution in [-0.2, 0) is 16.0 Å². The molecule has 0 atom stereocenters. The average Bonchev–Trinajstić information content (AvgIpc) is 2.74. The molecule has 2 heterocycles. The van der Waals surface area contributed by atoms with E-state index in [2.05, 4.69) is 35.6 Å². The fraction of sp³-hybridized carbons (Fsp3) is 0.636. The Balaban J connectivity index is 1.32. The molecule has 2 saturated heterocycles. The van der Waals surface area contributed by atoms with Crippen LogP contribution in [0.25, 0.3) is 0 Å². The monoisotopic (exact) mass is 387 g/mol. The largest absolute Gasteiger partial charge is 0.450 e. The standard InChI is InChI=1S/C22H33N3O3/c1-2-28-22(27)25-14-10-20(11-15-25)23-17-21(26)24-12-8-19(9-13-24)16-18-6-4-3-5-7-18/h3-7,19-20,23H,2,8-17H2,1H3. The first-order valence-corrected chi connectivity index (χ1v) is 10.6. The van der Waals surface area contributed by atoms with Gasteiger partial charge >= 0.3 is 6.09 Å². The fourth-order valence-electron chi connectivity index (χ4n) is 4.16. The maximum Gasteiger partial charge on any atom is 0.409 e. The maximum atomic E-state index is 12.5. The van der Waals surface area contributed by atoms with E-state index in [1.165, 1.54) is 5.56 Å². The molecule has 3 rings (SSSR count). The van der Waals surface area contributed by atoms with Crippen molar-refractivity contribution in [3.8, 4) is 0 Å². The lowest BCUT2D eigenvalue weighted by molar-refractivity contribution is -0.131. The molecule has 0 bridgehead atoms. The van der Waals surface area contributed by atoms with Gasteiger partial charge in [-0.1, -0.05) is 30.3 Å². The molecule has 6 nitrogen and oxygen atoms in total. The first-order chi connectivity index (χ1) is 13.7. The van der Waals surface area contributed by atoms with Gasteiger partial charge in [-0.05, 0) is 50.5 Å². The number of carbonyl (C=O) groups is 2. The van der Waals surface area contributed by atoms with E-state index in [-0.39, 0.29) is 12.0 Å². The number of nitrogens with zero attached hydrogens (tertiary/aromatic N) is 2. The molecular weight excluding hydrogens is 354 g/mol. The molecule has 6 heteroatoms. The minimum Gasteiger partial charge on any atom is -0.450 e. The number of rotatable bonds is 6. The molecule has 0 unspecified atom stereocenters. The number of benzene rings is 1. The van der Waals surface area contributed by atoms with Crippen LogP contribution in [0.1, 0.15) is 38.2 Å². The third-order valence-corrected chi connectivity index (χ3v) is 5.90. The van der Waals surface area contributed by atoms with Gasteiger partial charge in [0.2, 0.25) is 5.91 Å². The molecule has 154 valence electrons. The van der Waals surface area contributed by atoms with E-state index < -0.39 is 0 Å². The number of hydrogen-bond donors (Lipinski definition) is 1. The second kappa shape index (κ2) is 10.5. The molecule has 2 aliphatic heterocycles. The summed E-state index contributed by atoms with van der Waals surface area (Å²) in [4.78, 5) is 28.0. The van der Waals surface area contributed by atoms with Crippen molar-refractivity contribution in [3.05, 3.63) is 35.9 Å². The second-order valence-corrected chi connectivity index (χ2v) is 7.86. The van der Waals surface area contributed by atoms with Crippen molar-refractivity contribution in [3.63, 3.8) is 0 Å². The van der Waals surface area contributed by atoms with Gasteiger partial charge in [0, 0.05) is 32.2 Å². The Morgan fingerprint density at radius 1 is 1.00 bits per heavy atom. The minimum atomic E-state index is -0.226. The van der Waals surface area contributed by atoms with Crippen LogP contribution < -0.4 is 5.32 Å². The van der Waals surface area contributed by atoms with Crippen molar-refractivity contribution in [1.29, 1.82) is 0 Å². The SMILES string of the molecule is CCOC(=O)N1CCC(NCC(=O)N2CCC(Cc3ccccc3)CC2)CC1. The summed E-state index contributed by atoms with van der Waals surface area (Å²) in [5, 5.41) is 3.39. The molecule has 28 heavy (non-hydrogen) atoms. The van der Waals surface area contributed by atoms with Crippen LogP contribution in [0.5, 0.6) is 0 Å². The molecule has 0 aliphatic carbocycles. The molecule has 1 N–H and O–H groups in total. The molecule has 1 aromatic rings. The summed E-state index contributed by atoms with van der Waals surface area (Å²) in [6.45, 7) is 5.73. The van der Waals surface area contributed by atoms with E-state index in [4.69, 9.17) is 4.74 Å². The van der Waals surface area contributed by atoms with Crippen molar-refractivity contribution in [2.45, 2.75) is 45.1 Å². The predicted molar refractivity (Wildman–Crippen MR) is 109 cm³/mol. The first-order valence-electron chi connectivity index (χ1n) is 10.6. The van der Waals surface area contributed by atoms with Crippen molar-refractivity contribution in [2.75, 3.05) is 39.3 Å².